The van der Waals surface area contributed by atoms with Crippen molar-refractivity contribution in [3.8, 4) is 28.4 Å². The van der Waals surface area contributed by atoms with Gasteiger partial charge in [0.1, 0.15) is 19.0 Å². The Hall–Kier alpha value is -3.54. The summed E-state index contributed by atoms with van der Waals surface area (Å²) >= 11 is 0. The predicted octanol–water partition coefficient (Wildman–Crippen LogP) is 4.02. The van der Waals surface area contributed by atoms with Crippen LogP contribution in [0.5, 0.6) is 17.2 Å². The molecular weight excluding hydrogens is 368 g/mol. The molecule has 3 aromatic rings. The quantitative estimate of drug-likeness (QED) is 0.713. The molecule has 0 aliphatic carbocycles. The molecule has 6 heteroatoms. The Morgan fingerprint density at radius 2 is 1.76 bits per heavy atom. The molecule has 4 rings (SSSR count). The molecule has 0 fully saturated rings. The number of nitrogens with zero attached hydrogens (tertiary/aromatic N) is 1. The van der Waals surface area contributed by atoms with E-state index in [0.29, 0.717) is 30.3 Å². The Bertz CT molecular complexity index is 1020. The zero-order valence-corrected chi connectivity index (χ0v) is 16.3. The van der Waals surface area contributed by atoms with Crippen LogP contribution in [-0.4, -0.2) is 31.2 Å². The van der Waals surface area contributed by atoms with E-state index in [9.17, 15) is 4.79 Å². The third kappa shape index (κ3) is 4.01. The fraction of sp³-hybridized carbons (Fsp3) is 0.217. The van der Waals surface area contributed by atoms with Crippen molar-refractivity contribution in [3.05, 3.63) is 72.1 Å². The molecule has 1 atom stereocenters. The first kappa shape index (κ1) is 18.8. The van der Waals surface area contributed by atoms with Crippen LogP contribution >= 0.6 is 0 Å². The molecule has 0 radical (unpaired) electrons. The Morgan fingerprint density at radius 3 is 2.52 bits per heavy atom. The minimum Gasteiger partial charge on any atom is -0.496 e. The largest absolute Gasteiger partial charge is 0.496 e. The van der Waals surface area contributed by atoms with Crippen LogP contribution in [0.2, 0.25) is 0 Å². The minimum atomic E-state index is -0.206. The third-order valence-electron chi connectivity index (χ3n) is 4.87. The number of carbonyl (C=O) groups is 1. The highest BCUT2D eigenvalue weighted by atomic mass is 16.6. The van der Waals surface area contributed by atoms with Gasteiger partial charge < -0.3 is 19.5 Å². The molecule has 1 aliphatic rings. The number of aromatic nitrogens is 1. The maximum atomic E-state index is 12.9. The summed E-state index contributed by atoms with van der Waals surface area (Å²) in [4.78, 5) is 16.9. The van der Waals surface area contributed by atoms with Gasteiger partial charge in [0.05, 0.1) is 18.7 Å². The highest BCUT2D eigenvalue weighted by Crippen LogP contribution is 2.33. The van der Waals surface area contributed by atoms with Crippen molar-refractivity contribution in [2.24, 2.45) is 0 Å². The molecule has 2 heterocycles. The lowest BCUT2D eigenvalue weighted by Gasteiger charge is -2.21. The lowest BCUT2D eigenvalue weighted by molar-refractivity contribution is 0.0936. The van der Waals surface area contributed by atoms with Crippen LogP contribution in [0, 0.1) is 0 Å². The number of pyridine rings is 1. The molecule has 148 valence electrons. The second-order valence-electron chi connectivity index (χ2n) is 6.75. The van der Waals surface area contributed by atoms with Gasteiger partial charge in [0, 0.05) is 12.4 Å². The smallest absolute Gasteiger partial charge is 0.255 e. The highest BCUT2D eigenvalue weighted by molar-refractivity contribution is 5.98. The zero-order chi connectivity index (χ0) is 20.2. The summed E-state index contributed by atoms with van der Waals surface area (Å²) in [6.45, 7) is 3.01. The molecule has 1 aromatic heterocycles. The Balaban J connectivity index is 1.53. The zero-order valence-electron chi connectivity index (χ0n) is 16.3. The van der Waals surface area contributed by atoms with Gasteiger partial charge in [-0.1, -0.05) is 12.1 Å². The van der Waals surface area contributed by atoms with E-state index < -0.39 is 0 Å². The van der Waals surface area contributed by atoms with E-state index in [1.165, 1.54) is 0 Å². The van der Waals surface area contributed by atoms with Crippen molar-refractivity contribution < 1.29 is 19.0 Å². The molecule has 2 aromatic carbocycles. The minimum absolute atomic E-state index is 0.203. The average Bonchev–Trinajstić information content (AvgIpc) is 2.78. The summed E-state index contributed by atoms with van der Waals surface area (Å²) in [5, 5.41) is 3.03. The Kier molecular flexibility index (Phi) is 5.33. The molecule has 1 amide bonds. The summed E-state index contributed by atoms with van der Waals surface area (Å²) < 4.78 is 16.7. The maximum Gasteiger partial charge on any atom is 0.255 e. The lowest BCUT2D eigenvalue weighted by Crippen LogP contribution is -2.27. The van der Waals surface area contributed by atoms with Crippen LogP contribution in [0.15, 0.2) is 60.9 Å². The van der Waals surface area contributed by atoms with Crippen molar-refractivity contribution in [1.82, 2.24) is 10.3 Å². The van der Waals surface area contributed by atoms with Crippen molar-refractivity contribution in [1.29, 1.82) is 0 Å². The number of hydrogen-bond donors (Lipinski definition) is 1. The molecule has 0 saturated carbocycles. The van der Waals surface area contributed by atoms with Crippen molar-refractivity contribution in [2.75, 3.05) is 20.3 Å². The van der Waals surface area contributed by atoms with Crippen LogP contribution in [0.3, 0.4) is 0 Å². The lowest BCUT2D eigenvalue weighted by atomic mass is 10.0. The molecule has 6 nitrogen and oxygen atoms in total. The standard InChI is InChI=1S/C23H22N2O4/c1-15(17-4-6-20-22(13-17)29-12-11-28-20)25-23(26)19-5-3-18(14-21(19)27-2)16-7-9-24-10-8-16/h3-10,13-15H,11-12H2,1-2H3,(H,25,26). The summed E-state index contributed by atoms with van der Waals surface area (Å²) in [7, 11) is 1.56. The average molecular weight is 390 g/mol. The van der Waals surface area contributed by atoms with Gasteiger partial charge in [-0.15, -0.1) is 0 Å². The van der Waals surface area contributed by atoms with E-state index in [0.717, 1.165) is 22.4 Å². The first-order chi connectivity index (χ1) is 14.2. The van der Waals surface area contributed by atoms with Crippen LogP contribution in [0.4, 0.5) is 0 Å². The number of amides is 1. The highest BCUT2D eigenvalue weighted by Gasteiger charge is 2.19. The molecule has 0 bridgehead atoms. The molecule has 0 spiro atoms. The van der Waals surface area contributed by atoms with Crippen LogP contribution in [0.25, 0.3) is 11.1 Å². The van der Waals surface area contributed by atoms with Gasteiger partial charge in [0.2, 0.25) is 0 Å². The van der Waals surface area contributed by atoms with Gasteiger partial charge in [-0.05, 0) is 60.0 Å². The second kappa shape index (κ2) is 8.22. The number of fused-ring (bicyclic) bond motifs is 1. The van der Waals surface area contributed by atoms with Gasteiger partial charge in [-0.3, -0.25) is 9.78 Å². The number of hydrogen-bond acceptors (Lipinski definition) is 5. The Labute approximate surface area is 169 Å². The molecule has 1 unspecified atom stereocenters. The van der Waals surface area contributed by atoms with E-state index in [1.54, 1.807) is 25.6 Å². The Morgan fingerprint density at radius 1 is 1.00 bits per heavy atom. The molecular formula is C23H22N2O4. The van der Waals surface area contributed by atoms with Crippen LogP contribution < -0.4 is 19.5 Å². The number of nitrogens with one attached hydrogen (secondary N) is 1. The van der Waals surface area contributed by atoms with Crippen molar-refractivity contribution >= 4 is 5.91 Å². The number of benzene rings is 2. The fourth-order valence-corrected chi connectivity index (χ4v) is 3.29. The first-order valence-corrected chi connectivity index (χ1v) is 9.44. The van der Waals surface area contributed by atoms with Gasteiger partial charge in [-0.25, -0.2) is 0 Å². The first-order valence-electron chi connectivity index (χ1n) is 9.44. The number of rotatable bonds is 5. The van der Waals surface area contributed by atoms with E-state index in [1.807, 2.05) is 49.4 Å². The second-order valence-corrected chi connectivity index (χ2v) is 6.75. The van der Waals surface area contributed by atoms with E-state index in [4.69, 9.17) is 14.2 Å². The third-order valence-corrected chi connectivity index (χ3v) is 4.87. The van der Waals surface area contributed by atoms with Gasteiger partial charge in [0.15, 0.2) is 11.5 Å². The number of carbonyl (C=O) groups excluding carboxylic acids is 1. The summed E-state index contributed by atoms with van der Waals surface area (Å²) in [6, 6.07) is 14.9. The van der Waals surface area contributed by atoms with E-state index >= 15 is 0 Å². The van der Waals surface area contributed by atoms with Gasteiger partial charge >= 0.3 is 0 Å². The SMILES string of the molecule is COc1cc(-c2ccncc2)ccc1C(=O)NC(C)c1ccc2c(c1)OCCO2. The topological polar surface area (TPSA) is 69.7 Å². The van der Waals surface area contributed by atoms with Crippen molar-refractivity contribution in [3.63, 3.8) is 0 Å². The van der Waals surface area contributed by atoms with Crippen LogP contribution in [0.1, 0.15) is 28.9 Å². The van der Waals surface area contributed by atoms with Crippen molar-refractivity contribution in [2.45, 2.75) is 13.0 Å². The fourth-order valence-electron chi connectivity index (χ4n) is 3.29. The molecule has 1 N–H and O–H groups in total. The summed E-state index contributed by atoms with van der Waals surface area (Å²) in [5.74, 6) is 1.75. The summed E-state index contributed by atoms with van der Waals surface area (Å²) in [6.07, 6.45) is 3.47. The predicted molar refractivity (Wildman–Crippen MR) is 110 cm³/mol. The van der Waals surface area contributed by atoms with E-state index in [-0.39, 0.29) is 11.9 Å². The number of ether oxygens (including phenoxy) is 3. The number of methoxy groups -OCH3 is 1. The molecule has 29 heavy (non-hydrogen) atoms. The van der Waals surface area contributed by atoms with Crippen LogP contribution in [-0.2, 0) is 0 Å². The molecule has 0 saturated heterocycles. The summed E-state index contributed by atoms with van der Waals surface area (Å²) in [5.41, 5.74) is 3.39. The maximum absolute atomic E-state index is 12.9. The van der Waals surface area contributed by atoms with Gasteiger partial charge in [0.25, 0.3) is 5.91 Å². The molecule has 1 aliphatic heterocycles. The monoisotopic (exact) mass is 390 g/mol. The normalized spacial score (nSPS) is 13.4. The van der Waals surface area contributed by atoms with E-state index in [2.05, 4.69) is 10.3 Å². The van der Waals surface area contributed by atoms with Gasteiger partial charge in [-0.2, -0.15) is 0 Å².